The van der Waals surface area contributed by atoms with Crippen molar-refractivity contribution < 1.29 is 9.53 Å². The monoisotopic (exact) mass is 470 g/mol. The molecular weight excluding hydrogens is 455 g/mol. The van der Waals surface area contributed by atoms with Crippen molar-refractivity contribution in [2.45, 2.75) is 13.2 Å². The number of nitriles is 1. The van der Waals surface area contributed by atoms with Gasteiger partial charge in [-0.25, -0.2) is 0 Å². The molecule has 0 aliphatic rings. The van der Waals surface area contributed by atoms with Crippen LogP contribution in [-0.2, 0) is 17.9 Å². The van der Waals surface area contributed by atoms with Crippen LogP contribution in [0.5, 0.6) is 5.75 Å². The molecule has 7 heteroatoms. The minimum Gasteiger partial charge on any atom is -0.487 e. The Labute approximate surface area is 195 Å². The fourth-order valence-electron chi connectivity index (χ4n) is 2.78. The first kappa shape index (κ1) is 22.7. The Balaban J connectivity index is 1.84. The lowest BCUT2D eigenvalue weighted by molar-refractivity contribution is -0.117. The SMILES string of the molecule is N#C/C(=C\c1cc(Cl)cc(Cl)c1OCc1ccccc1Cl)C(=O)NCc1ccccc1. The molecule has 0 spiro atoms. The third-order valence-corrected chi connectivity index (χ3v) is 5.20. The molecular formula is C24H17Cl3N2O2. The van der Waals surface area contributed by atoms with Gasteiger partial charge < -0.3 is 10.1 Å². The number of benzene rings is 3. The van der Waals surface area contributed by atoms with Crippen LogP contribution >= 0.6 is 34.8 Å². The standard InChI is InChI=1S/C24H17Cl3N2O2/c25-20-11-18(10-19(13-28)24(30)29-14-16-6-2-1-3-7-16)23(22(27)12-20)31-15-17-8-4-5-9-21(17)26/h1-12H,14-15H2,(H,29,30)/b19-10+. The molecule has 0 unspecified atom stereocenters. The van der Waals surface area contributed by atoms with Gasteiger partial charge in [0.15, 0.2) is 0 Å². The molecule has 4 nitrogen and oxygen atoms in total. The van der Waals surface area contributed by atoms with E-state index in [0.29, 0.717) is 27.9 Å². The topological polar surface area (TPSA) is 62.1 Å². The Morgan fingerprint density at radius 2 is 1.71 bits per heavy atom. The molecule has 0 heterocycles. The van der Waals surface area contributed by atoms with Crippen molar-refractivity contribution in [3.8, 4) is 11.8 Å². The van der Waals surface area contributed by atoms with E-state index in [1.807, 2.05) is 54.6 Å². The Morgan fingerprint density at radius 1 is 1.00 bits per heavy atom. The molecule has 0 bridgehead atoms. The molecule has 0 atom stereocenters. The van der Waals surface area contributed by atoms with Gasteiger partial charge in [0, 0.05) is 27.7 Å². The quantitative estimate of drug-likeness (QED) is 0.318. The highest BCUT2D eigenvalue weighted by molar-refractivity contribution is 6.36. The second-order valence-corrected chi connectivity index (χ2v) is 7.77. The van der Waals surface area contributed by atoms with E-state index in [1.54, 1.807) is 12.1 Å². The molecule has 31 heavy (non-hydrogen) atoms. The number of hydrogen-bond donors (Lipinski definition) is 1. The van der Waals surface area contributed by atoms with Gasteiger partial charge in [0.25, 0.3) is 5.91 Å². The fourth-order valence-corrected chi connectivity index (χ4v) is 3.54. The Hall–Kier alpha value is -2.97. The third-order valence-electron chi connectivity index (χ3n) is 4.33. The molecule has 1 amide bonds. The molecule has 0 aliphatic heterocycles. The summed E-state index contributed by atoms with van der Waals surface area (Å²) in [5.41, 5.74) is 2.00. The number of ether oxygens (including phenoxy) is 1. The van der Waals surface area contributed by atoms with Crippen molar-refractivity contribution in [2.24, 2.45) is 0 Å². The maximum absolute atomic E-state index is 12.5. The zero-order valence-corrected chi connectivity index (χ0v) is 18.5. The average Bonchev–Trinajstić information content (AvgIpc) is 2.77. The molecule has 0 saturated heterocycles. The summed E-state index contributed by atoms with van der Waals surface area (Å²) < 4.78 is 5.88. The van der Waals surface area contributed by atoms with Gasteiger partial charge in [-0.2, -0.15) is 5.26 Å². The Kier molecular flexibility index (Phi) is 7.97. The first-order valence-electron chi connectivity index (χ1n) is 9.27. The van der Waals surface area contributed by atoms with Crippen LogP contribution in [-0.4, -0.2) is 5.91 Å². The van der Waals surface area contributed by atoms with E-state index in [-0.39, 0.29) is 17.2 Å². The van der Waals surface area contributed by atoms with Crippen LogP contribution < -0.4 is 10.1 Å². The molecule has 0 radical (unpaired) electrons. The van der Waals surface area contributed by atoms with E-state index < -0.39 is 5.91 Å². The Bertz CT molecular complexity index is 1160. The fraction of sp³-hybridized carbons (Fsp3) is 0.0833. The normalized spacial score (nSPS) is 11.0. The zero-order valence-electron chi connectivity index (χ0n) is 16.2. The summed E-state index contributed by atoms with van der Waals surface area (Å²) in [7, 11) is 0. The number of carbonyl (C=O) groups excluding carboxylic acids is 1. The summed E-state index contributed by atoms with van der Waals surface area (Å²) in [6.07, 6.45) is 1.40. The van der Waals surface area contributed by atoms with E-state index >= 15 is 0 Å². The second kappa shape index (κ2) is 10.9. The molecule has 0 saturated carbocycles. The smallest absolute Gasteiger partial charge is 0.262 e. The summed E-state index contributed by atoms with van der Waals surface area (Å²) in [5.74, 6) is -0.214. The lowest BCUT2D eigenvalue weighted by Gasteiger charge is -2.13. The van der Waals surface area contributed by atoms with Crippen molar-refractivity contribution in [2.75, 3.05) is 0 Å². The molecule has 156 valence electrons. The van der Waals surface area contributed by atoms with Crippen molar-refractivity contribution in [3.05, 3.63) is 104 Å². The molecule has 3 aromatic rings. The number of hydrogen-bond acceptors (Lipinski definition) is 3. The molecule has 3 rings (SSSR count). The van der Waals surface area contributed by atoms with E-state index in [9.17, 15) is 10.1 Å². The minimum atomic E-state index is -0.514. The lowest BCUT2D eigenvalue weighted by atomic mass is 10.1. The van der Waals surface area contributed by atoms with Crippen LogP contribution in [0.25, 0.3) is 6.08 Å². The lowest BCUT2D eigenvalue weighted by Crippen LogP contribution is -2.23. The van der Waals surface area contributed by atoms with Crippen molar-refractivity contribution >= 4 is 46.8 Å². The predicted molar refractivity (Wildman–Crippen MR) is 124 cm³/mol. The number of nitrogens with zero attached hydrogens (tertiary/aromatic N) is 1. The first-order valence-corrected chi connectivity index (χ1v) is 10.4. The van der Waals surface area contributed by atoms with Crippen molar-refractivity contribution in [1.29, 1.82) is 5.26 Å². The van der Waals surface area contributed by atoms with Gasteiger partial charge in [-0.1, -0.05) is 83.3 Å². The number of halogens is 3. The first-order chi connectivity index (χ1) is 15.0. The number of carbonyl (C=O) groups is 1. The highest BCUT2D eigenvalue weighted by Crippen LogP contribution is 2.35. The number of nitrogens with one attached hydrogen (secondary N) is 1. The molecule has 3 aromatic carbocycles. The largest absolute Gasteiger partial charge is 0.487 e. The van der Waals surface area contributed by atoms with Gasteiger partial charge in [-0.3, -0.25) is 4.79 Å². The van der Waals surface area contributed by atoms with E-state index in [1.165, 1.54) is 12.1 Å². The number of amides is 1. The van der Waals surface area contributed by atoms with Crippen LogP contribution in [0.15, 0.2) is 72.3 Å². The zero-order chi connectivity index (χ0) is 22.2. The molecule has 0 fully saturated rings. The average molecular weight is 472 g/mol. The van der Waals surface area contributed by atoms with Crippen molar-refractivity contribution in [1.82, 2.24) is 5.32 Å². The number of rotatable bonds is 7. The third kappa shape index (κ3) is 6.26. The highest BCUT2D eigenvalue weighted by atomic mass is 35.5. The van der Waals surface area contributed by atoms with E-state index in [4.69, 9.17) is 39.5 Å². The van der Waals surface area contributed by atoms with Crippen LogP contribution in [0.3, 0.4) is 0 Å². The summed E-state index contributed by atoms with van der Waals surface area (Å²) >= 11 is 18.7. The van der Waals surface area contributed by atoms with Gasteiger partial charge in [0.2, 0.25) is 0 Å². The van der Waals surface area contributed by atoms with Crippen molar-refractivity contribution in [3.63, 3.8) is 0 Å². The Morgan fingerprint density at radius 3 is 2.42 bits per heavy atom. The highest BCUT2D eigenvalue weighted by Gasteiger charge is 2.15. The van der Waals surface area contributed by atoms with Gasteiger partial charge in [-0.05, 0) is 29.8 Å². The molecule has 0 aliphatic carbocycles. The van der Waals surface area contributed by atoms with E-state index in [0.717, 1.165) is 11.1 Å². The van der Waals surface area contributed by atoms with Crippen LogP contribution in [0.1, 0.15) is 16.7 Å². The molecule has 1 N–H and O–H groups in total. The van der Waals surface area contributed by atoms with Crippen LogP contribution in [0, 0.1) is 11.3 Å². The molecule has 0 aromatic heterocycles. The predicted octanol–water partition coefficient (Wildman–Crippen LogP) is 6.45. The van der Waals surface area contributed by atoms with Gasteiger partial charge in [0.05, 0.1) is 5.02 Å². The van der Waals surface area contributed by atoms with Crippen LogP contribution in [0.4, 0.5) is 0 Å². The minimum absolute atomic E-state index is 0.100. The van der Waals surface area contributed by atoms with Gasteiger partial charge in [0.1, 0.15) is 24.0 Å². The van der Waals surface area contributed by atoms with E-state index in [2.05, 4.69) is 5.32 Å². The maximum Gasteiger partial charge on any atom is 0.262 e. The van der Waals surface area contributed by atoms with Crippen LogP contribution in [0.2, 0.25) is 15.1 Å². The van der Waals surface area contributed by atoms with Gasteiger partial charge >= 0.3 is 0 Å². The summed E-state index contributed by atoms with van der Waals surface area (Å²) in [6.45, 7) is 0.453. The summed E-state index contributed by atoms with van der Waals surface area (Å²) in [6, 6.07) is 21.7. The maximum atomic E-state index is 12.5. The van der Waals surface area contributed by atoms with Gasteiger partial charge in [-0.15, -0.1) is 0 Å². The summed E-state index contributed by atoms with van der Waals surface area (Å²) in [5, 5.41) is 13.4. The summed E-state index contributed by atoms with van der Waals surface area (Å²) in [4.78, 5) is 12.5. The second-order valence-electron chi connectivity index (χ2n) is 6.52.